The maximum absolute atomic E-state index is 12.7. The number of rotatable bonds is 3. The molecule has 3 heteroatoms. The fourth-order valence-electron chi connectivity index (χ4n) is 1.12. The van der Waals surface area contributed by atoms with E-state index in [-0.39, 0.29) is 5.82 Å². The lowest BCUT2D eigenvalue weighted by Gasteiger charge is -2.04. The highest BCUT2D eigenvalue weighted by molar-refractivity contribution is 5.26. The van der Waals surface area contributed by atoms with Crippen molar-refractivity contribution in [2.75, 3.05) is 6.54 Å². The standard InChI is InChI=1S/C9H13FN2/c1-7-2-3-9(10)6-8(7)4-5-12-11/h2-3,6,12H,4-5,11H2,1H3. The third-order valence-electron chi connectivity index (χ3n) is 1.85. The zero-order chi connectivity index (χ0) is 8.97. The Hall–Kier alpha value is -0.930. The molecule has 1 aromatic rings. The summed E-state index contributed by atoms with van der Waals surface area (Å²) in [5, 5.41) is 0. The molecule has 0 bridgehead atoms. The zero-order valence-electron chi connectivity index (χ0n) is 7.10. The van der Waals surface area contributed by atoms with Gasteiger partial charge in [-0.2, -0.15) is 0 Å². The van der Waals surface area contributed by atoms with Crippen molar-refractivity contribution in [1.82, 2.24) is 5.43 Å². The molecule has 0 amide bonds. The molecule has 0 aliphatic carbocycles. The van der Waals surface area contributed by atoms with Gasteiger partial charge in [0.05, 0.1) is 0 Å². The zero-order valence-corrected chi connectivity index (χ0v) is 7.10. The van der Waals surface area contributed by atoms with Gasteiger partial charge in [0.15, 0.2) is 0 Å². The van der Waals surface area contributed by atoms with Crippen molar-refractivity contribution < 1.29 is 4.39 Å². The highest BCUT2D eigenvalue weighted by Gasteiger charge is 1.98. The van der Waals surface area contributed by atoms with Crippen LogP contribution in [-0.2, 0) is 6.42 Å². The summed E-state index contributed by atoms with van der Waals surface area (Å²) >= 11 is 0. The molecule has 1 aromatic carbocycles. The Kier molecular flexibility index (Phi) is 3.19. The molecule has 0 unspecified atom stereocenters. The minimum atomic E-state index is -0.187. The van der Waals surface area contributed by atoms with Gasteiger partial charge in [-0.1, -0.05) is 6.07 Å². The van der Waals surface area contributed by atoms with Crippen molar-refractivity contribution >= 4 is 0 Å². The number of hydrogen-bond acceptors (Lipinski definition) is 2. The molecule has 2 nitrogen and oxygen atoms in total. The fraction of sp³-hybridized carbons (Fsp3) is 0.333. The first-order valence-electron chi connectivity index (χ1n) is 3.92. The number of benzene rings is 1. The van der Waals surface area contributed by atoms with Crippen LogP contribution >= 0.6 is 0 Å². The molecule has 3 N–H and O–H groups in total. The largest absolute Gasteiger partial charge is 0.271 e. The van der Waals surface area contributed by atoms with Crippen LogP contribution in [0.25, 0.3) is 0 Å². The van der Waals surface area contributed by atoms with Gasteiger partial charge in [-0.25, -0.2) is 4.39 Å². The van der Waals surface area contributed by atoms with E-state index >= 15 is 0 Å². The van der Waals surface area contributed by atoms with Crippen LogP contribution in [0.15, 0.2) is 18.2 Å². The summed E-state index contributed by atoms with van der Waals surface area (Å²) < 4.78 is 12.7. The van der Waals surface area contributed by atoms with Gasteiger partial charge < -0.3 is 0 Å². The average molecular weight is 168 g/mol. The Bertz CT molecular complexity index is 261. The lowest BCUT2D eigenvalue weighted by molar-refractivity contribution is 0.623. The van der Waals surface area contributed by atoms with Crippen molar-refractivity contribution in [3.8, 4) is 0 Å². The summed E-state index contributed by atoms with van der Waals surface area (Å²) in [7, 11) is 0. The average Bonchev–Trinajstić information content (AvgIpc) is 2.07. The molecule has 0 atom stereocenters. The summed E-state index contributed by atoms with van der Waals surface area (Å²) in [6.45, 7) is 2.63. The van der Waals surface area contributed by atoms with Gasteiger partial charge in [-0.15, -0.1) is 0 Å². The molecule has 66 valence electrons. The van der Waals surface area contributed by atoms with Crippen LogP contribution in [0.4, 0.5) is 4.39 Å². The maximum Gasteiger partial charge on any atom is 0.123 e. The predicted molar refractivity (Wildman–Crippen MR) is 47.0 cm³/mol. The second-order valence-electron chi connectivity index (χ2n) is 2.77. The first-order chi connectivity index (χ1) is 5.74. The molecule has 0 radical (unpaired) electrons. The van der Waals surface area contributed by atoms with Gasteiger partial charge in [-0.05, 0) is 36.6 Å². The Balaban J connectivity index is 2.75. The monoisotopic (exact) mass is 168 g/mol. The van der Waals surface area contributed by atoms with E-state index in [2.05, 4.69) is 5.43 Å². The molecule has 12 heavy (non-hydrogen) atoms. The molecule has 0 aromatic heterocycles. The minimum absolute atomic E-state index is 0.187. The number of halogens is 1. The van der Waals surface area contributed by atoms with Gasteiger partial charge in [0.1, 0.15) is 5.82 Å². The molecule has 0 saturated heterocycles. The summed E-state index contributed by atoms with van der Waals surface area (Å²) in [6.07, 6.45) is 0.764. The third-order valence-corrected chi connectivity index (χ3v) is 1.85. The van der Waals surface area contributed by atoms with Crippen LogP contribution in [0.5, 0.6) is 0 Å². The predicted octanol–water partition coefficient (Wildman–Crippen LogP) is 1.14. The third kappa shape index (κ3) is 2.29. The Morgan fingerprint density at radius 3 is 2.92 bits per heavy atom. The van der Waals surface area contributed by atoms with Gasteiger partial charge in [0.2, 0.25) is 0 Å². The molecule has 0 fully saturated rings. The van der Waals surface area contributed by atoms with Crippen molar-refractivity contribution in [2.24, 2.45) is 5.84 Å². The maximum atomic E-state index is 12.7. The van der Waals surface area contributed by atoms with E-state index in [1.165, 1.54) is 6.07 Å². The van der Waals surface area contributed by atoms with Crippen LogP contribution in [0.1, 0.15) is 11.1 Å². The highest BCUT2D eigenvalue weighted by Crippen LogP contribution is 2.09. The number of hydrogen-bond donors (Lipinski definition) is 2. The topological polar surface area (TPSA) is 38.0 Å². The molecule has 1 rings (SSSR count). The van der Waals surface area contributed by atoms with Gasteiger partial charge in [0, 0.05) is 6.54 Å². The molecule has 0 heterocycles. The summed E-state index contributed by atoms with van der Waals surface area (Å²) in [6, 6.07) is 4.79. The van der Waals surface area contributed by atoms with Crippen molar-refractivity contribution in [2.45, 2.75) is 13.3 Å². The van der Waals surface area contributed by atoms with E-state index in [4.69, 9.17) is 5.84 Å². The van der Waals surface area contributed by atoms with Gasteiger partial charge >= 0.3 is 0 Å². The van der Waals surface area contributed by atoms with E-state index in [9.17, 15) is 4.39 Å². The van der Waals surface area contributed by atoms with E-state index < -0.39 is 0 Å². The quantitative estimate of drug-likeness (QED) is 0.524. The van der Waals surface area contributed by atoms with Crippen molar-refractivity contribution in [3.63, 3.8) is 0 Å². The molecular formula is C9H13FN2. The van der Waals surface area contributed by atoms with Crippen LogP contribution in [0.3, 0.4) is 0 Å². The molecular weight excluding hydrogens is 155 g/mol. The van der Waals surface area contributed by atoms with E-state index in [1.54, 1.807) is 12.1 Å². The second kappa shape index (κ2) is 4.18. The number of aryl methyl sites for hydroxylation is 1. The van der Waals surface area contributed by atoms with Crippen molar-refractivity contribution in [3.05, 3.63) is 35.1 Å². The van der Waals surface area contributed by atoms with Gasteiger partial charge in [-0.3, -0.25) is 11.3 Å². The van der Waals surface area contributed by atoms with E-state index in [0.717, 1.165) is 17.5 Å². The molecule has 0 saturated carbocycles. The summed E-state index contributed by atoms with van der Waals surface area (Å²) in [5.74, 6) is 4.93. The van der Waals surface area contributed by atoms with Crippen LogP contribution in [0, 0.1) is 12.7 Å². The second-order valence-corrected chi connectivity index (χ2v) is 2.77. The highest BCUT2D eigenvalue weighted by atomic mass is 19.1. The molecule has 0 aliphatic heterocycles. The SMILES string of the molecule is Cc1ccc(F)cc1CCNN. The number of nitrogens with one attached hydrogen (secondary N) is 1. The Morgan fingerprint density at radius 2 is 2.25 bits per heavy atom. The van der Waals surface area contributed by atoms with Crippen molar-refractivity contribution in [1.29, 1.82) is 0 Å². The fourth-order valence-corrected chi connectivity index (χ4v) is 1.12. The van der Waals surface area contributed by atoms with E-state index in [1.807, 2.05) is 6.92 Å². The first kappa shape index (κ1) is 9.16. The normalized spacial score (nSPS) is 10.2. The Labute approximate surface area is 71.6 Å². The summed E-state index contributed by atoms with van der Waals surface area (Å²) in [4.78, 5) is 0. The van der Waals surface area contributed by atoms with E-state index in [0.29, 0.717) is 6.54 Å². The summed E-state index contributed by atoms with van der Waals surface area (Å²) in [5.41, 5.74) is 4.65. The minimum Gasteiger partial charge on any atom is -0.271 e. The number of nitrogens with two attached hydrogens (primary N) is 1. The number of hydrazine groups is 1. The first-order valence-corrected chi connectivity index (χ1v) is 3.92. The Morgan fingerprint density at radius 1 is 1.50 bits per heavy atom. The molecule has 0 spiro atoms. The smallest absolute Gasteiger partial charge is 0.123 e. The lowest BCUT2D eigenvalue weighted by atomic mass is 10.1. The lowest BCUT2D eigenvalue weighted by Crippen LogP contribution is -2.24. The van der Waals surface area contributed by atoms with Crippen LogP contribution < -0.4 is 11.3 Å². The van der Waals surface area contributed by atoms with Crippen LogP contribution in [0.2, 0.25) is 0 Å². The van der Waals surface area contributed by atoms with Crippen LogP contribution in [-0.4, -0.2) is 6.54 Å². The molecule has 0 aliphatic rings. The van der Waals surface area contributed by atoms with Gasteiger partial charge in [0.25, 0.3) is 0 Å².